The average Bonchev–Trinajstić information content (AvgIpc) is 2.84. The van der Waals surface area contributed by atoms with E-state index in [9.17, 15) is 18.8 Å². The third-order valence-corrected chi connectivity index (χ3v) is 6.29. The molecule has 1 aliphatic rings. The summed E-state index contributed by atoms with van der Waals surface area (Å²) in [5.74, 6) is -1.04. The van der Waals surface area contributed by atoms with Crippen LogP contribution < -0.4 is 11.2 Å². The standard InChI is InChI=1S/C25H27FN4O3/c1-17-13-14-20(15-21(17)26)30-25(33)29(16-18-9-5-3-6-10-18)24(32)22(27-30)23(31)28(2)19-11-7-4-8-12-19/h3,5-6,9-10,13-15,19H,4,7-8,11-12,16H2,1-2H3. The molecule has 2 aromatic carbocycles. The largest absolute Gasteiger partial charge is 0.352 e. The Morgan fingerprint density at radius 2 is 1.79 bits per heavy atom. The van der Waals surface area contributed by atoms with Gasteiger partial charge >= 0.3 is 5.69 Å². The van der Waals surface area contributed by atoms with Crippen molar-refractivity contribution in [1.29, 1.82) is 0 Å². The Kier molecular flexibility index (Phi) is 6.53. The minimum Gasteiger partial charge on any atom is -0.337 e. The van der Waals surface area contributed by atoms with Gasteiger partial charge in [0.2, 0.25) is 5.69 Å². The molecule has 1 fully saturated rings. The topological polar surface area (TPSA) is 77.2 Å². The van der Waals surface area contributed by atoms with Gasteiger partial charge in [0.25, 0.3) is 11.5 Å². The van der Waals surface area contributed by atoms with Crippen LogP contribution in [0.3, 0.4) is 0 Å². The first-order chi connectivity index (χ1) is 15.9. The molecular formula is C25H27FN4O3. The van der Waals surface area contributed by atoms with E-state index in [0.29, 0.717) is 5.56 Å². The maximum Gasteiger partial charge on any atom is 0.352 e. The molecule has 0 N–H and O–H groups in total. The Morgan fingerprint density at radius 1 is 1.09 bits per heavy atom. The number of benzene rings is 2. The molecule has 0 unspecified atom stereocenters. The van der Waals surface area contributed by atoms with Crippen molar-refractivity contribution in [3.05, 3.63) is 92.0 Å². The Hall–Kier alpha value is -3.55. The van der Waals surface area contributed by atoms with Gasteiger partial charge in [-0.05, 0) is 37.0 Å². The molecule has 8 heteroatoms. The second-order valence-corrected chi connectivity index (χ2v) is 8.56. The van der Waals surface area contributed by atoms with E-state index in [1.807, 2.05) is 6.07 Å². The van der Waals surface area contributed by atoms with Gasteiger partial charge in [-0.3, -0.25) is 14.2 Å². The van der Waals surface area contributed by atoms with Gasteiger partial charge < -0.3 is 4.90 Å². The summed E-state index contributed by atoms with van der Waals surface area (Å²) in [7, 11) is 1.67. The lowest BCUT2D eigenvalue weighted by atomic mass is 9.94. The monoisotopic (exact) mass is 450 g/mol. The highest BCUT2D eigenvalue weighted by Gasteiger charge is 2.28. The van der Waals surface area contributed by atoms with E-state index in [1.54, 1.807) is 49.2 Å². The molecule has 0 bridgehead atoms. The lowest BCUT2D eigenvalue weighted by Crippen LogP contribution is -2.48. The molecule has 0 radical (unpaired) electrons. The Bertz CT molecular complexity index is 1280. The number of aromatic nitrogens is 3. The number of carbonyl (C=O) groups excluding carboxylic acids is 1. The van der Waals surface area contributed by atoms with Gasteiger partial charge in [-0.15, -0.1) is 0 Å². The molecule has 1 saturated carbocycles. The molecule has 33 heavy (non-hydrogen) atoms. The van der Waals surface area contributed by atoms with E-state index in [2.05, 4.69) is 5.10 Å². The first kappa shape index (κ1) is 22.6. The number of nitrogens with zero attached hydrogens (tertiary/aromatic N) is 4. The van der Waals surface area contributed by atoms with Crippen molar-refractivity contribution in [1.82, 2.24) is 19.2 Å². The van der Waals surface area contributed by atoms with Crippen LogP contribution >= 0.6 is 0 Å². The summed E-state index contributed by atoms with van der Waals surface area (Å²) in [4.78, 5) is 41.4. The van der Waals surface area contributed by atoms with Gasteiger partial charge in [-0.1, -0.05) is 55.7 Å². The van der Waals surface area contributed by atoms with Gasteiger partial charge in [0.1, 0.15) is 5.82 Å². The molecule has 0 spiro atoms. The Balaban J connectivity index is 1.85. The van der Waals surface area contributed by atoms with E-state index in [4.69, 9.17) is 0 Å². The summed E-state index contributed by atoms with van der Waals surface area (Å²) < 4.78 is 16.2. The predicted molar refractivity (Wildman–Crippen MR) is 123 cm³/mol. The van der Waals surface area contributed by atoms with Gasteiger partial charge in [0.05, 0.1) is 12.2 Å². The van der Waals surface area contributed by atoms with Crippen LogP contribution in [0.4, 0.5) is 4.39 Å². The van der Waals surface area contributed by atoms with E-state index in [1.165, 1.54) is 12.1 Å². The molecule has 0 atom stereocenters. The molecule has 3 aromatic rings. The van der Waals surface area contributed by atoms with E-state index >= 15 is 0 Å². The first-order valence-corrected chi connectivity index (χ1v) is 11.2. The van der Waals surface area contributed by atoms with Crippen LogP contribution in [0.5, 0.6) is 0 Å². The van der Waals surface area contributed by atoms with Crippen molar-refractivity contribution in [3.63, 3.8) is 0 Å². The van der Waals surface area contributed by atoms with Gasteiger partial charge in [-0.25, -0.2) is 9.18 Å². The molecule has 0 aliphatic heterocycles. The quantitative estimate of drug-likeness (QED) is 0.598. The highest BCUT2D eigenvalue weighted by atomic mass is 19.1. The predicted octanol–water partition coefficient (Wildman–Crippen LogP) is 3.29. The fourth-order valence-corrected chi connectivity index (χ4v) is 4.24. The smallest absolute Gasteiger partial charge is 0.337 e. The second kappa shape index (κ2) is 9.52. The summed E-state index contributed by atoms with van der Waals surface area (Å²) in [5.41, 5.74) is -0.538. The van der Waals surface area contributed by atoms with Crippen LogP contribution in [0.2, 0.25) is 0 Å². The number of hydrogen-bond donors (Lipinski definition) is 0. The minimum absolute atomic E-state index is 0.0206. The average molecular weight is 451 g/mol. The first-order valence-electron chi connectivity index (χ1n) is 11.2. The van der Waals surface area contributed by atoms with E-state index in [0.717, 1.165) is 46.9 Å². The van der Waals surface area contributed by atoms with Gasteiger partial charge in [0.15, 0.2) is 0 Å². The number of rotatable bonds is 5. The van der Waals surface area contributed by atoms with Crippen LogP contribution in [-0.2, 0) is 6.54 Å². The zero-order valence-corrected chi connectivity index (χ0v) is 18.8. The SMILES string of the molecule is Cc1ccc(-n2nc(C(=O)N(C)C3CCCCC3)c(=O)n(Cc3ccccc3)c2=O)cc1F. The molecule has 7 nitrogen and oxygen atoms in total. The number of hydrogen-bond acceptors (Lipinski definition) is 4. The van der Waals surface area contributed by atoms with Gasteiger partial charge in [-0.2, -0.15) is 9.78 Å². The minimum atomic E-state index is -0.750. The van der Waals surface area contributed by atoms with Crippen molar-refractivity contribution < 1.29 is 9.18 Å². The highest BCUT2D eigenvalue weighted by Crippen LogP contribution is 2.22. The molecule has 172 valence electrons. The van der Waals surface area contributed by atoms with Gasteiger partial charge in [0, 0.05) is 19.2 Å². The molecule has 4 rings (SSSR count). The van der Waals surface area contributed by atoms with Crippen LogP contribution in [0.25, 0.3) is 5.69 Å². The second-order valence-electron chi connectivity index (χ2n) is 8.56. The summed E-state index contributed by atoms with van der Waals surface area (Å²) in [6.45, 7) is 1.59. The molecule has 0 saturated heterocycles. The van der Waals surface area contributed by atoms with Crippen molar-refractivity contribution in [2.75, 3.05) is 7.05 Å². The summed E-state index contributed by atoms with van der Waals surface area (Å²) >= 11 is 0. The molecule has 1 aliphatic carbocycles. The van der Waals surface area contributed by atoms with E-state index < -0.39 is 23.0 Å². The zero-order chi connectivity index (χ0) is 23.5. The molecule has 1 heterocycles. The van der Waals surface area contributed by atoms with Crippen molar-refractivity contribution in [3.8, 4) is 5.69 Å². The fraction of sp³-hybridized carbons (Fsp3) is 0.360. The summed E-state index contributed by atoms with van der Waals surface area (Å²) in [6.07, 6.45) is 4.91. The third-order valence-electron chi connectivity index (χ3n) is 6.29. The number of carbonyl (C=O) groups is 1. The van der Waals surface area contributed by atoms with Crippen LogP contribution in [-0.4, -0.2) is 38.2 Å². The maximum atomic E-state index is 14.3. The van der Waals surface area contributed by atoms with Crippen molar-refractivity contribution in [2.24, 2.45) is 0 Å². The number of amides is 1. The Morgan fingerprint density at radius 3 is 2.45 bits per heavy atom. The zero-order valence-electron chi connectivity index (χ0n) is 18.8. The van der Waals surface area contributed by atoms with Crippen molar-refractivity contribution >= 4 is 5.91 Å². The number of halogens is 1. The fourth-order valence-electron chi connectivity index (χ4n) is 4.24. The molecular weight excluding hydrogens is 423 g/mol. The molecule has 1 aromatic heterocycles. The lowest BCUT2D eigenvalue weighted by Gasteiger charge is -2.30. The van der Waals surface area contributed by atoms with Crippen molar-refractivity contribution in [2.45, 2.75) is 51.6 Å². The van der Waals surface area contributed by atoms with Crippen LogP contribution in [0.1, 0.15) is 53.7 Å². The van der Waals surface area contributed by atoms with E-state index in [-0.39, 0.29) is 24.0 Å². The van der Waals surface area contributed by atoms with Crippen LogP contribution in [0, 0.1) is 12.7 Å². The summed E-state index contributed by atoms with van der Waals surface area (Å²) in [5, 5.41) is 4.14. The lowest BCUT2D eigenvalue weighted by molar-refractivity contribution is 0.0684. The third kappa shape index (κ3) is 4.65. The highest BCUT2D eigenvalue weighted by molar-refractivity contribution is 5.91. The molecule has 1 amide bonds. The normalized spacial score (nSPS) is 14.3. The maximum absolute atomic E-state index is 14.3. The Labute approximate surface area is 191 Å². The van der Waals surface area contributed by atoms with Crippen LogP contribution in [0.15, 0.2) is 58.1 Å². The number of aryl methyl sites for hydroxylation is 1. The summed E-state index contributed by atoms with van der Waals surface area (Å²) in [6, 6.07) is 13.3.